The van der Waals surface area contributed by atoms with Crippen molar-refractivity contribution in [2.24, 2.45) is 5.92 Å². The van der Waals surface area contributed by atoms with Gasteiger partial charge in [-0.1, -0.05) is 31.0 Å². The zero-order chi connectivity index (χ0) is 13.2. The van der Waals surface area contributed by atoms with Crippen molar-refractivity contribution in [3.05, 3.63) is 30.3 Å². The first-order chi connectivity index (χ1) is 8.53. The molecule has 2 rings (SSSR count). The van der Waals surface area contributed by atoms with Crippen molar-refractivity contribution in [3.63, 3.8) is 0 Å². The van der Waals surface area contributed by atoms with Gasteiger partial charge in [-0.05, 0) is 25.0 Å². The van der Waals surface area contributed by atoms with Gasteiger partial charge in [0.1, 0.15) is 4.71 Å². The van der Waals surface area contributed by atoms with Gasteiger partial charge in [-0.2, -0.15) is 0 Å². The molecule has 0 aromatic heterocycles. The van der Waals surface area contributed by atoms with Gasteiger partial charge in [0.15, 0.2) is 9.84 Å². The summed E-state index contributed by atoms with van der Waals surface area (Å²) in [5.74, 6) is -0.370. The van der Waals surface area contributed by atoms with E-state index < -0.39 is 20.7 Å². The predicted octanol–water partition coefficient (Wildman–Crippen LogP) is 2.58. The van der Waals surface area contributed by atoms with Crippen molar-refractivity contribution >= 4 is 21.4 Å². The maximum absolute atomic E-state index is 12.3. The molecule has 100 valence electrons. The quantitative estimate of drug-likeness (QED) is 0.870. The third-order valence-corrected chi connectivity index (χ3v) is 6.39. The first-order valence-corrected chi connectivity index (χ1v) is 8.13. The topological polar surface area (TPSA) is 54.4 Å². The number of aliphatic hydroxyl groups is 1. The maximum atomic E-state index is 12.3. The Kier molecular flexibility index (Phi) is 4.30. The van der Waals surface area contributed by atoms with E-state index in [0.29, 0.717) is 12.8 Å². The molecule has 1 aliphatic carbocycles. The van der Waals surface area contributed by atoms with E-state index in [1.54, 1.807) is 30.3 Å². The molecule has 0 heterocycles. The van der Waals surface area contributed by atoms with Crippen LogP contribution in [0.4, 0.5) is 0 Å². The molecule has 0 spiro atoms. The van der Waals surface area contributed by atoms with Crippen molar-refractivity contribution < 1.29 is 13.5 Å². The molecule has 3 unspecified atom stereocenters. The summed E-state index contributed by atoms with van der Waals surface area (Å²) in [6, 6.07) is 8.19. The lowest BCUT2D eigenvalue weighted by molar-refractivity contribution is 0.0762. The van der Waals surface area contributed by atoms with Crippen LogP contribution in [0, 0.1) is 5.92 Å². The average molecular weight is 289 g/mol. The van der Waals surface area contributed by atoms with E-state index in [2.05, 4.69) is 0 Å². The van der Waals surface area contributed by atoms with Crippen molar-refractivity contribution in [1.82, 2.24) is 0 Å². The lowest BCUT2D eigenvalue weighted by Crippen LogP contribution is -2.36. The number of halogens is 1. The first-order valence-electron chi connectivity index (χ1n) is 6.14. The molecule has 1 aromatic rings. The van der Waals surface area contributed by atoms with E-state index in [4.69, 9.17) is 11.6 Å². The number of hydrogen-bond donors (Lipinski definition) is 1. The smallest absolute Gasteiger partial charge is 0.195 e. The van der Waals surface area contributed by atoms with Crippen molar-refractivity contribution in [1.29, 1.82) is 0 Å². The van der Waals surface area contributed by atoms with E-state index in [-0.39, 0.29) is 10.8 Å². The number of sulfone groups is 1. The Labute approximate surface area is 113 Å². The molecular formula is C13H17ClO3S. The lowest BCUT2D eigenvalue weighted by atomic mass is 9.88. The molecule has 0 amide bonds. The van der Waals surface area contributed by atoms with E-state index in [0.717, 1.165) is 12.8 Å². The second-order valence-corrected chi connectivity index (χ2v) is 7.52. The lowest BCUT2D eigenvalue weighted by Gasteiger charge is -2.30. The predicted molar refractivity (Wildman–Crippen MR) is 71.2 cm³/mol. The number of hydrogen-bond acceptors (Lipinski definition) is 3. The SMILES string of the molecule is O=S(=O)(c1ccccc1)C(Cl)C1CCCCC1O. The second kappa shape index (κ2) is 5.59. The minimum absolute atomic E-state index is 0.225. The summed E-state index contributed by atoms with van der Waals surface area (Å²) >= 11 is 6.13. The number of aliphatic hydroxyl groups excluding tert-OH is 1. The van der Waals surface area contributed by atoms with Gasteiger partial charge in [0.25, 0.3) is 0 Å². The summed E-state index contributed by atoms with van der Waals surface area (Å²) in [6.45, 7) is 0. The van der Waals surface area contributed by atoms with Crippen LogP contribution >= 0.6 is 11.6 Å². The Bertz CT molecular complexity index is 486. The van der Waals surface area contributed by atoms with Crippen LogP contribution in [0.5, 0.6) is 0 Å². The molecule has 3 nitrogen and oxygen atoms in total. The Balaban J connectivity index is 2.25. The minimum atomic E-state index is -3.57. The highest BCUT2D eigenvalue weighted by atomic mass is 35.5. The normalized spacial score (nSPS) is 26.8. The van der Waals surface area contributed by atoms with Gasteiger partial charge < -0.3 is 5.11 Å². The Morgan fingerprint density at radius 2 is 1.78 bits per heavy atom. The highest BCUT2D eigenvalue weighted by Crippen LogP contribution is 2.34. The van der Waals surface area contributed by atoms with Gasteiger partial charge in [-0.3, -0.25) is 0 Å². The van der Waals surface area contributed by atoms with Crippen molar-refractivity contribution in [3.8, 4) is 0 Å². The van der Waals surface area contributed by atoms with Crippen LogP contribution in [0.15, 0.2) is 35.2 Å². The Morgan fingerprint density at radius 1 is 1.17 bits per heavy atom. The zero-order valence-corrected chi connectivity index (χ0v) is 11.6. The van der Waals surface area contributed by atoms with Crippen LogP contribution in [0.25, 0.3) is 0 Å². The fourth-order valence-corrected chi connectivity index (χ4v) is 4.59. The van der Waals surface area contributed by atoms with Gasteiger partial charge in [-0.25, -0.2) is 8.42 Å². The molecule has 1 fully saturated rings. The minimum Gasteiger partial charge on any atom is -0.393 e. The summed E-state index contributed by atoms with van der Waals surface area (Å²) < 4.78 is 23.6. The van der Waals surface area contributed by atoms with Gasteiger partial charge in [-0.15, -0.1) is 11.6 Å². The molecule has 0 aliphatic heterocycles. The third kappa shape index (κ3) is 2.71. The van der Waals surface area contributed by atoms with E-state index in [9.17, 15) is 13.5 Å². The largest absolute Gasteiger partial charge is 0.393 e. The first kappa shape index (κ1) is 13.8. The van der Waals surface area contributed by atoms with E-state index >= 15 is 0 Å². The average Bonchev–Trinajstić information content (AvgIpc) is 2.39. The monoisotopic (exact) mass is 288 g/mol. The van der Waals surface area contributed by atoms with Crippen LogP contribution in [-0.4, -0.2) is 24.3 Å². The fourth-order valence-electron chi connectivity index (χ4n) is 2.42. The van der Waals surface area contributed by atoms with Crippen LogP contribution in [0.3, 0.4) is 0 Å². The molecule has 1 aromatic carbocycles. The van der Waals surface area contributed by atoms with Crippen LogP contribution in [0.1, 0.15) is 25.7 Å². The number of rotatable bonds is 3. The van der Waals surface area contributed by atoms with Gasteiger partial charge in [0.2, 0.25) is 0 Å². The molecular weight excluding hydrogens is 272 g/mol. The molecule has 1 N–H and O–H groups in total. The van der Waals surface area contributed by atoms with Crippen LogP contribution in [0.2, 0.25) is 0 Å². The van der Waals surface area contributed by atoms with Crippen LogP contribution in [-0.2, 0) is 9.84 Å². The van der Waals surface area contributed by atoms with Crippen LogP contribution < -0.4 is 0 Å². The Morgan fingerprint density at radius 3 is 2.39 bits per heavy atom. The summed E-state index contributed by atoms with van der Waals surface area (Å²) in [4.78, 5) is 0.225. The van der Waals surface area contributed by atoms with Gasteiger partial charge >= 0.3 is 0 Å². The number of benzene rings is 1. The molecule has 1 aliphatic rings. The van der Waals surface area contributed by atoms with Gasteiger partial charge in [0.05, 0.1) is 11.0 Å². The highest BCUT2D eigenvalue weighted by Gasteiger charge is 2.38. The molecule has 18 heavy (non-hydrogen) atoms. The summed E-state index contributed by atoms with van der Waals surface area (Å²) in [5, 5.41) is 9.90. The summed E-state index contributed by atoms with van der Waals surface area (Å²) in [6.07, 6.45) is 2.56. The molecule has 3 atom stereocenters. The van der Waals surface area contributed by atoms with Crippen molar-refractivity contribution in [2.45, 2.75) is 41.4 Å². The summed E-state index contributed by atoms with van der Waals surface area (Å²) in [5.41, 5.74) is 0. The van der Waals surface area contributed by atoms with Gasteiger partial charge in [0, 0.05) is 5.92 Å². The fraction of sp³-hybridized carbons (Fsp3) is 0.538. The van der Waals surface area contributed by atoms with E-state index in [1.807, 2.05) is 0 Å². The molecule has 0 saturated heterocycles. The number of alkyl halides is 1. The molecule has 5 heteroatoms. The van der Waals surface area contributed by atoms with E-state index in [1.165, 1.54) is 0 Å². The van der Waals surface area contributed by atoms with Crippen molar-refractivity contribution in [2.75, 3.05) is 0 Å². The molecule has 1 saturated carbocycles. The standard InChI is InChI=1S/C13H17ClO3S/c14-13(11-8-4-5-9-12(11)15)18(16,17)10-6-2-1-3-7-10/h1-3,6-7,11-13,15H,4-5,8-9H2. The second-order valence-electron chi connectivity index (χ2n) is 4.72. The molecule has 0 radical (unpaired) electrons. The Hall–Kier alpha value is -0.580. The molecule has 0 bridgehead atoms. The third-order valence-electron chi connectivity index (χ3n) is 3.49. The summed E-state index contributed by atoms with van der Waals surface area (Å²) in [7, 11) is -3.57. The maximum Gasteiger partial charge on any atom is 0.195 e. The highest BCUT2D eigenvalue weighted by molar-refractivity contribution is 7.93. The zero-order valence-electron chi connectivity index (χ0n) is 10.00.